The van der Waals surface area contributed by atoms with E-state index in [1.165, 1.54) is 43.7 Å². The van der Waals surface area contributed by atoms with Gasteiger partial charge in [0, 0.05) is 61.4 Å². The third kappa shape index (κ3) is 6.04. The van der Waals surface area contributed by atoms with Crippen molar-refractivity contribution in [2.75, 3.05) is 0 Å². The van der Waals surface area contributed by atoms with Gasteiger partial charge in [-0.2, -0.15) is 0 Å². The van der Waals surface area contributed by atoms with Crippen LogP contribution in [-0.2, 0) is 0 Å². The van der Waals surface area contributed by atoms with Crippen molar-refractivity contribution in [3.8, 4) is 67.9 Å². The third-order valence-electron chi connectivity index (χ3n) is 11.8. The summed E-state index contributed by atoms with van der Waals surface area (Å²) in [4.78, 5) is 19.7. The second-order valence-electron chi connectivity index (χ2n) is 15.5. The molecule has 0 amide bonds. The van der Waals surface area contributed by atoms with Gasteiger partial charge in [0.15, 0.2) is 17.5 Å². The minimum Gasteiger partial charge on any atom is -0.309 e. The molecule has 0 saturated carbocycles. The van der Waals surface area contributed by atoms with Gasteiger partial charge in [0.25, 0.3) is 0 Å². The van der Waals surface area contributed by atoms with E-state index in [1.807, 2.05) is 72.9 Å². The smallest absolute Gasteiger partial charge is 0.164 e. The summed E-state index contributed by atoms with van der Waals surface area (Å²) in [7, 11) is 0. The summed E-state index contributed by atoms with van der Waals surface area (Å²) in [5, 5.41) is 4.87. The summed E-state index contributed by atoms with van der Waals surface area (Å²) < 4.78 is 4.72. The first-order valence-corrected chi connectivity index (χ1v) is 20.8. The zero-order valence-corrected chi connectivity index (χ0v) is 33.5. The van der Waals surface area contributed by atoms with Gasteiger partial charge < -0.3 is 9.13 Å². The van der Waals surface area contributed by atoms with Crippen LogP contribution in [0.15, 0.2) is 219 Å². The molecule has 0 spiro atoms. The van der Waals surface area contributed by atoms with Gasteiger partial charge in [-0.3, -0.25) is 4.98 Å². The Morgan fingerprint density at radius 1 is 0.274 bits per heavy atom. The second-order valence-corrected chi connectivity index (χ2v) is 15.5. The number of aromatic nitrogens is 6. The van der Waals surface area contributed by atoms with E-state index in [0.29, 0.717) is 17.5 Å². The highest BCUT2D eigenvalue weighted by molar-refractivity contribution is 6.11. The van der Waals surface area contributed by atoms with Crippen LogP contribution in [0.5, 0.6) is 0 Å². The van der Waals surface area contributed by atoms with E-state index in [9.17, 15) is 0 Å². The van der Waals surface area contributed by atoms with Crippen molar-refractivity contribution >= 4 is 43.6 Å². The van der Waals surface area contributed by atoms with Crippen LogP contribution in [0, 0.1) is 0 Å². The van der Waals surface area contributed by atoms with Crippen molar-refractivity contribution in [1.29, 1.82) is 0 Å². The van der Waals surface area contributed by atoms with Gasteiger partial charge in [-0.05, 0) is 77.9 Å². The molecule has 12 aromatic rings. The summed E-state index contributed by atoms with van der Waals surface area (Å²) in [5.41, 5.74) is 13.8. The number of hydrogen-bond donors (Lipinski definition) is 0. The Balaban J connectivity index is 0.938. The van der Waals surface area contributed by atoms with E-state index in [4.69, 9.17) is 19.9 Å². The van der Waals surface area contributed by atoms with Crippen molar-refractivity contribution in [1.82, 2.24) is 29.1 Å². The molecule has 0 bridgehead atoms. The molecule has 8 aromatic carbocycles. The van der Waals surface area contributed by atoms with Crippen LogP contribution >= 0.6 is 0 Å². The lowest BCUT2D eigenvalue weighted by Gasteiger charge is -2.11. The molecule has 0 saturated heterocycles. The number of fused-ring (bicyclic) bond motifs is 6. The Kier molecular flexibility index (Phi) is 8.38. The SMILES string of the molecule is c1ccc(-c2nc(-c3ccccc3)nc(-c3ccnc(-c4ccc5c6ccccc6n(-c6ccc(-c7ccc8c(c7)c7ccccc7n8-c7ccccc7)cc6)c5c4)c3)n2)cc1. The molecule has 6 heteroatoms. The average Bonchev–Trinajstić information content (AvgIpc) is 3.87. The fourth-order valence-corrected chi connectivity index (χ4v) is 8.88. The first-order valence-electron chi connectivity index (χ1n) is 20.8. The first kappa shape index (κ1) is 35.5. The second kappa shape index (κ2) is 14.7. The Labute approximate surface area is 357 Å². The lowest BCUT2D eigenvalue weighted by Crippen LogP contribution is -2.00. The monoisotopic (exact) mass is 792 g/mol. The van der Waals surface area contributed by atoms with E-state index in [2.05, 4.69) is 155 Å². The highest BCUT2D eigenvalue weighted by Crippen LogP contribution is 2.38. The Morgan fingerprint density at radius 2 is 0.758 bits per heavy atom. The number of para-hydroxylation sites is 3. The van der Waals surface area contributed by atoms with Crippen LogP contribution in [0.1, 0.15) is 0 Å². The van der Waals surface area contributed by atoms with Crippen molar-refractivity contribution in [2.45, 2.75) is 0 Å². The number of pyridine rings is 1. The predicted molar refractivity (Wildman–Crippen MR) is 253 cm³/mol. The number of hydrogen-bond acceptors (Lipinski definition) is 4. The summed E-state index contributed by atoms with van der Waals surface area (Å²) in [5.74, 6) is 1.85. The summed E-state index contributed by atoms with van der Waals surface area (Å²) in [6.07, 6.45) is 1.84. The van der Waals surface area contributed by atoms with E-state index in [1.54, 1.807) is 0 Å². The first-order chi connectivity index (χ1) is 30.7. The lowest BCUT2D eigenvalue weighted by molar-refractivity contribution is 1.07. The Morgan fingerprint density at radius 3 is 1.42 bits per heavy atom. The largest absolute Gasteiger partial charge is 0.309 e. The zero-order chi connectivity index (χ0) is 41.0. The van der Waals surface area contributed by atoms with Crippen LogP contribution in [-0.4, -0.2) is 29.1 Å². The molecule has 290 valence electrons. The van der Waals surface area contributed by atoms with Crippen LogP contribution in [0.3, 0.4) is 0 Å². The maximum absolute atomic E-state index is 4.98. The minimum atomic E-state index is 0.595. The van der Waals surface area contributed by atoms with Gasteiger partial charge in [0.2, 0.25) is 0 Å². The highest BCUT2D eigenvalue weighted by atomic mass is 15.0. The van der Waals surface area contributed by atoms with Crippen LogP contribution in [0.2, 0.25) is 0 Å². The van der Waals surface area contributed by atoms with Gasteiger partial charge in [0.1, 0.15) is 0 Å². The molecular formula is C56H36N6. The van der Waals surface area contributed by atoms with Crippen molar-refractivity contribution < 1.29 is 0 Å². The zero-order valence-electron chi connectivity index (χ0n) is 33.5. The molecule has 62 heavy (non-hydrogen) atoms. The molecule has 0 fully saturated rings. The quantitative estimate of drug-likeness (QED) is 0.161. The molecule has 0 radical (unpaired) electrons. The highest BCUT2D eigenvalue weighted by Gasteiger charge is 2.17. The standard InChI is InChI=1S/C56H36N6/c1-4-14-38(15-5-1)54-58-55(39-16-6-2-7-17-39)60-56(59-54)42-32-33-57-49(35-42)41-26-30-47-45-20-10-12-22-50(45)62(53(47)36-41)44-28-24-37(25-29-44)40-27-31-52-48(34-40)46-21-11-13-23-51(46)61(52)43-18-8-3-9-19-43/h1-36H. The molecular weight excluding hydrogens is 757 g/mol. The normalized spacial score (nSPS) is 11.5. The van der Waals surface area contributed by atoms with E-state index in [0.717, 1.165) is 50.4 Å². The fraction of sp³-hybridized carbons (Fsp3) is 0. The molecule has 12 rings (SSSR count). The van der Waals surface area contributed by atoms with Crippen molar-refractivity contribution in [2.24, 2.45) is 0 Å². The summed E-state index contributed by atoms with van der Waals surface area (Å²) in [6.45, 7) is 0. The molecule has 6 nitrogen and oxygen atoms in total. The molecule has 0 aliphatic rings. The number of rotatable bonds is 7. The minimum absolute atomic E-state index is 0.595. The van der Waals surface area contributed by atoms with Gasteiger partial charge in [-0.25, -0.2) is 15.0 Å². The average molecular weight is 793 g/mol. The fourth-order valence-electron chi connectivity index (χ4n) is 8.88. The predicted octanol–water partition coefficient (Wildman–Crippen LogP) is 13.8. The molecule has 4 aromatic heterocycles. The Hall–Kier alpha value is -8.48. The van der Waals surface area contributed by atoms with Crippen LogP contribution in [0.4, 0.5) is 0 Å². The summed E-state index contributed by atoms with van der Waals surface area (Å²) >= 11 is 0. The van der Waals surface area contributed by atoms with E-state index >= 15 is 0 Å². The third-order valence-corrected chi connectivity index (χ3v) is 11.8. The molecule has 0 aliphatic carbocycles. The van der Waals surface area contributed by atoms with E-state index < -0.39 is 0 Å². The number of benzene rings is 8. The summed E-state index contributed by atoms with van der Waals surface area (Å²) in [6, 6.07) is 74.5. The van der Waals surface area contributed by atoms with Crippen LogP contribution in [0.25, 0.3) is 112 Å². The maximum Gasteiger partial charge on any atom is 0.164 e. The molecule has 0 N–H and O–H groups in total. The van der Waals surface area contributed by atoms with E-state index in [-0.39, 0.29) is 0 Å². The van der Waals surface area contributed by atoms with Gasteiger partial charge in [-0.1, -0.05) is 146 Å². The molecule has 0 unspecified atom stereocenters. The molecule has 0 aliphatic heterocycles. The molecule has 0 atom stereocenters. The Bertz CT molecular complexity index is 3550. The number of nitrogens with zero attached hydrogens (tertiary/aromatic N) is 6. The van der Waals surface area contributed by atoms with Gasteiger partial charge in [-0.15, -0.1) is 0 Å². The van der Waals surface area contributed by atoms with Crippen molar-refractivity contribution in [3.05, 3.63) is 219 Å². The molecule has 4 heterocycles. The van der Waals surface area contributed by atoms with Crippen molar-refractivity contribution in [3.63, 3.8) is 0 Å². The maximum atomic E-state index is 4.98. The van der Waals surface area contributed by atoms with Gasteiger partial charge >= 0.3 is 0 Å². The van der Waals surface area contributed by atoms with Crippen LogP contribution < -0.4 is 0 Å². The van der Waals surface area contributed by atoms with Gasteiger partial charge in [0.05, 0.1) is 27.8 Å². The lowest BCUT2D eigenvalue weighted by atomic mass is 10.0. The topological polar surface area (TPSA) is 61.4 Å².